The molecule has 3 amide bonds. The summed E-state index contributed by atoms with van der Waals surface area (Å²) >= 11 is 0. The second-order valence-corrected chi connectivity index (χ2v) is 8.45. The van der Waals surface area contributed by atoms with Gasteiger partial charge in [-0.2, -0.15) is 0 Å². The van der Waals surface area contributed by atoms with E-state index in [0.29, 0.717) is 6.42 Å². The maximum Gasteiger partial charge on any atom is 0.328 e. The van der Waals surface area contributed by atoms with Crippen LogP contribution >= 0.6 is 0 Å². The highest BCUT2D eigenvalue weighted by molar-refractivity contribution is 5.94. The van der Waals surface area contributed by atoms with Gasteiger partial charge in [0.15, 0.2) is 6.04 Å². The molecule has 1 rings (SSSR count). The summed E-state index contributed by atoms with van der Waals surface area (Å²) in [7, 11) is 0. The van der Waals surface area contributed by atoms with Gasteiger partial charge in [0.1, 0.15) is 12.1 Å². The molecule has 11 nitrogen and oxygen atoms in total. The fraction of sp³-hybridized carbons (Fsp3) is 0.565. The van der Waals surface area contributed by atoms with Crippen LogP contribution in [0.25, 0.3) is 0 Å². The molecule has 8 N–H and O–H groups in total. The fourth-order valence-corrected chi connectivity index (χ4v) is 3.13. The van der Waals surface area contributed by atoms with Crippen LogP contribution in [-0.2, 0) is 25.6 Å². The number of hydrogen-bond donors (Lipinski definition) is 7. The summed E-state index contributed by atoms with van der Waals surface area (Å²) in [4.78, 5) is 49.6. The number of nitrogens with two attached hydrogens (primary N) is 1. The standard InChI is InChI=1S/C23H36N4O7/c1-5-12(2)17(24)21(31)25-16(11-15-9-7-6-8-10-15)20(30)26-18(13(3)28)22(32)27-19(14(4)29)23(33)34/h6-10,12-14,16-19,28-29H,5,11,24H2,1-4H3,(H,25,31)(H,26,30)(H,27,32)(H,33,34). The Labute approximate surface area is 199 Å². The molecule has 0 fully saturated rings. The van der Waals surface area contributed by atoms with Crippen LogP contribution in [0, 0.1) is 5.92 Å². The second kappa shape index (κ2) is 13.6. The average Bonchev–Trinajstić information content (AvgIpc) is 2.78. The summed E-state index contributed by atoms with van der Waals surface area (Å²) < 4.78 is 0. The van der Waals surface area contributed by atoms with Gasteiger partial charge in [-0.15, -0.1) is 0 Å². The predicted octanol–water partition coefficient (Wildman–Crippen LogP) is -1.10. The van der Waals surface area contributed by atoms with E-state index in [1.807, 2.05) is 13.8 Å². The summed E-state index contributed by atoms with van der Waals surface area (Å²) in [5, 5.41) is 35.9. The zero-order chi connectivity index (χ0) is 26.0. The highest BCUT2D eigenvalue weighted by Gasteiger charge is 2.34. The molecule has 0 radical (unpaired) electrons. The minimum absolute atomic E-state index is 0.0885. The molecule has 190 valence electrons. The Kier molecular flexibility index (Phi) is 11.6. The molecule has 1 aromatic carbocycles. The molecule has 11 heteroatoms. The number of rotatable bonds is 13. The summed E-state index contributed by atoms with van der Waals surface area (Å²) in [6.07, 6.45) is -2.07. The van der Waals surface area contributed by atoms with E-state index in [-0.39, 0.29) is 12.3 Å². The number of carboxylic acids is 1. The van der Waals surface area contributed by atoms with Gasteiger partial charge in [0, 0.05) is 6.42 Å². The normalized spacial score (nSPS) is 17.3. The van der Waals surface area contributed by atoms with Crippen molar-refractivity contribution in [1.29, 1.82) is 0 Å². The number of hydrogen-bond acceptors (Lipinski definition) is 7. The van der Waals surface area contributed by atoms with E-state index in [1.54, 1.807) is 30.3 Å². The number of nitrogens with one attached hydrogen (secondary N) is 3. The lowest BCUT2D eigenvalue weighted by Crippen LogP contribution is -2.61. The Hall–Kier alpha value is -3.02. The maximum atomic E-state index is 13.1. The third kappa shape index (κ3) is 8.73. The molecule has 0 aliphatic heterocycles. The fourth-order valence-electron chi connectivity index (χ4n) is 3.13. The smallest absolute Gasteiger partial charge is 0.328 e. The minimum atomic E-state index is -1.64. The molecule has 0 aliphatic carbocycles. The topological polar surface area (TPSA) is 191 Å². The zero-order valence-electron chi connectivity index (χ0n) is 19.9. The number of carboxylic acid groups (broad SMARTS) is 1. The highest BCUT2D eigenvalue weighted by atomic mass is 16.4. The van der Waals surface area contributed by atoms with Gasteiger partial charge in [-0.25, -0.2) is 4.79 Å². The summed E-state index contributed by atoms with van der Waals surface area (Å²) in [6, 6.07) is 3.71. The Morgan fingerprint density at radius 2 is 1.38 bits per heavy atom. The Bertz CT molecular complexity index is 832. The Morgan fingerprint density at radius 3 is 1.85 bits per heavy atom. The second-order valence-electron chi connectivity index (χ2n) is 8.45. The number of aliphatic hydroxyl groups is 2. The lowest BCUT2D eigenvalue weighted by molar-refractivity contribution is -0.146. The third-order valence-electron chi connectivity index (χ3n) is 5.58. The van der Waals surface area contributed by atoms with Crippen LogP contribution < -0.4 is 21.7 Å². The quantitative estimate of drug-likeness (QED) is 0.185. The van der Waals surface area contributed by atoms with Crippen LogP contribution in [0.1, 0.15) is 39.7 Å². The lowest BCUT2D eigenvalue weighted by Gasteiger charge is -2.27. The SMILES string of the molecule is CCC(C)C(N)C(=O)NC(Cc1ccccc1)C(=O)NC(C(=O)NC(C(=O)O)C(C)O)C(C)O. The molecule has 0 heterocycles. The molecule has 0 aromatic heterocycles. The largest absolute Gasteiger partial charge is 0.480 e. The van der Waals surface area contributed by atoms with E-state index in [2.05, 4.69) is 16.0 Å². The zero-order valence-corrected chi connectivity index (χ0v) is 19.9. The van der Waals surface area contributed by atoms with Crippen molar-refractivity contribution in [2.75, 3.05) is 0 Å². The molecule has 1 aromatic rings. The van der Waals surface area contributed by atoms with Crippen molar-refractivity contribution in [2.24, 2.45) is 11.7 Å². The molecule has 34 heavy (non-hydrogen) atoms. The van der Waals surface area contributed by atoms with Gasteiger partial charge in [0.2, 0.25) is 17.7 Å². The van der Waals surface area contributed by atoms with Crippen LogP contribution in [0.15, 0.2) is 30.3 Å². The number of amides is 3. The van der Waals surface area contributed by atoms with Crippen LogP contribution in [0.3, 0.4) is 0 Å². The minimum Gasteiger partial charge on any atom is -0.480 e. The van der Waals surface area contributed by atoms with Crippen molar-refractivity contribution >= 4 is 23.7 Å². The van der Waals surface area contributed by atoms with Crippen molar-refractivity contribution in [1.82, 2.24) is 16.0 Å². The first-order chi connectivity index (χ1) is 15.9. The molecule has 0 bridgehead atoms. The van der Waals surface area contributed by atoms with E-state index < -0.39 is 60.1 Å². The number of aliphatic carboxylic acids is 1. The number of carbonyl (C=O) groups excluding carboxylic acids is 3. The summed E-state index contributed by atoms with van der Waals surface area (Å²) in [5.74, 6) is -3.92. The lowest BCUT2D eigenvalue weighted by atomic mass is 9.98. The molecule has 0 spiro atoms. The molecular formula is C23H36N4O7. The molecule has 0 saturated heterocycles. The number of carbonyl (C=O) groups is 4. The summed E-state index contributed by atoms with van der Waals surface area (Å²) in [6.45, 7) is 6.12. The summed E-state index contributed by atoms with van der Waals surface area (Å²) in [5.41, 5.74) is 6.73. The van der Waals surface area contributed by atoms with E-state index in [9.17, 15) is 34.5 Å². The molecule has 0 saturated carbocycles. The molecule has 7 unspecified atom stereocenters. The van der Waals surface area contributed by atoms with Gasteiger partial charge in [0.05, 0.1) is 18.2 Å². The van der Waals surface area contributed by atoms with Crippen LogP contribution in [0.4, 0.5) is 0 Å². The predicted molar refractivity (Wildman–Crippen MR) is 124 cm³/mol. The van der Waals surface area contributed by atoms with Crippen molar-refractivity contribution in [3.8, 4) is 0 Å². The van der Waals surface area contributed by atoms with Gasteiger partial charge < -0.3 is 37.0 Å². The third-order valence-corrected chi connectivity index (χ3v) is 5.58. The van der Waals surface area contributed by atoms with Gasteiger partial charge >= 0.3 is 5.97 Å². The van der Waals surface area contributed by atoms with E-state index in [4.69, 9.17) is 5.73 Å². The highest BCUT2D eigenvalue weighted by Crippen LogP contribution is 2.09. The van der Waals surface area contributed by atoms with Crippen LogP contribution in [-0.4, -0.2) is 75.4 Å². The number of benzene rings is 1. The van der Waals surface area contributed by atoms with Gasteiger partial charge in [-0.1, -0.05) is 50.6 Å². The first-order valence-corrected chi connectivity index (χ1v) is 11.2. The molecular weight excluding hydrogens is 444 g/mol. The van der Waals surface area contributed by atoms with Crippen molar-refractivity contribution in [3.05, 3.63) is 35.9 Å². The molecule has 0 aliphatic rings. The van der Waals surface area contributed by atoms with Crippen LogP contribution in [0.2, 0.25) is 0 Å². The van der Waals surface area contributed by atoms with Gasteiger partial charge in [0.25, 0.3) is 0 Å². The maximum absolute atomic E-state index is 13.1. The monoisotopic (exact) mass is 480 g/mol. The van der Waals surface area contributed by atoms with E-state index >= 15 is 0 Å². The van der Waals surface area contributed by atoms with E-state index in [0.717, 1.165) is 5.56 Å². The van der Waals surface area contributed by atoms with Crippen molar-refractivity contribution in [3.63, 3.8) is 0 Å². The first-order valence-electron chi connectivity index (χ1n) is 11.2. The average molecular weight is 481 g/mol. The van der Waals surface area contributed by atoms with Crippen molar-refractivity contribution in [2.45, 2.75) is 76.9 Å². The van der Waals surface area contributed by atoms with Gasteiger partial charge in [-0.3, -0.25) is 14.4 Å². The first kappa shape index (κ1) is 29.0. The van der Waals surface area contributed by atoms with Crippen molar-refractivity contribution < 1.29 is 34.5 Å². The molecule has 7 atom stereocenters. The van der Waals surface area contributed by atoms with E-state index in [1.165, 1.54) is 13.8 Å². The Balaban J connectivity index is 3.09. The van der Waals surface area contributed by atoms with Crippen LogP contribution in [0.5, 0.6) is 0 Å². The Morgan fingerprint density at radius 1 is 0.853 bits per heavy atom. The number of aliphatic hydroxyl groups excluding tert-OH is 2. The van der Waals surface area contributed by atoms with Gasteiger partial charge in [-0.05, 0) is 25.3 Å².